The molecule has 42 heavy (non-hydrogen) atoms. The monoisotopic (exact) mass is 588 g/mol. The first-order chi connectivity index (χ1) is 19.5. The first kappa shape index (κ1) is 30.6. The average molecular weight is 589 g/mol. The number of hydrogen-bond acceptors (Lipinski definition) is 11. The second-order valence-electron chi connectivity index (χ2n) is 13.0. The molecule has 2 bridgehead atoms. The topological polar surface area (TPSA) is 169 Å². The van der Waals surface area contributed by atoms with Gasteiger partial charge in [-0.1, -0.05) is 39.0 Å². The minimum absolute atomic E-state index is 0.00542. The number of esters is 3. The summed E-state index contributed by atoms with van der Waals surface area (Å²) in [6, 6.07) is 8.12. The van der Waals surface area contributed by atoms with Crippen molar-refractivity contribution in [3.8, 4) is 0 Å². The van der Waals surface area contributed by atoms with E-state index in [1.165, 1.54) is 13.8 Å². The highest BCUT2D eigenvalue weighted by atomic mass is 16.6. The zero-order valence-corrected chi connectivity index (χ0v) is 24.7. The quantitative estimate of drug-likeness (QED) is 0.228. The molecule has 0 radical (unpaired) electrons. The fourth-order valence-electron chi connectivity index (χ4n) is 8.24. The number of ether oxygens (including phenoxy) is 4. The Hall–Kier alpha value is -2.83. The van der Waals surface area contributed by atoms with Crippen LogP contribution in [0.15, 0.2) is 41.5 Å². The van der Waals surface area contributed by atoms with E-state index in [-0.39, 0.29) is 30.6 Å². The lowest BCUT2D eigenvalue weighted by molar-refractivity contribution is -0.365. The predicted octanol–water partition coefficient (Wildman–Crippen LogP) is 1.44. The first-order valence-corrected chi connectivity index (χ1v) is 14.2. The van der Waals surface area contributed by atoms with Crippen molar-refractivity contribution in [3.63, 3.8) is 0 Å². The van der Waals surface area contributed by atoms with E-state index in [4.69, 9.17) is 18.9 Å². The number of aliphatic hydroxyl groups excluding tert-OH is 3. The van der Waals surface area contributed by atoms with E-state index >= 15 is 0 Å². The van der Waals surface area contributed by atoms with Gasteiger partial charge in [0.25, 0.3) is 0 Å². The van der Waals surface area contributed by atoms with Gasteiger partial charge in [-0.2, -0.15) is 0 Å². The van der Waals surface area contributed by atoms with Crippen LogP contribution in [0.4, 0.5) is 0 Å². The second-order valence-corrected chi connectivity index (χ2v) is 13.0. The summed E-state index contributed by atoms with van der Waals surface area (Å²) in [5.41, 5.74) is -5.89. The Labute approximate surface area is 244 Å². The molecule has 1 saturated heterocycles. The van der Waals surface area contributed by atoms with Crippen LogP contribution in [-0.4, -0.2) is 92.8 Å². The molecule has 11 nitrogen and oxygen atoms in total. The molecule has 4 aliphatic rings. The second kappa shape index (κ2) is 10.1. The van der Waals surface area contributed by atoms with E-state index in [0.717, 1.165) is 0 Å². The van der Waals surface area contributed by atoms with E-state index in [1.807, 2.05) is 0 Å². The Morgan fingerprint density at radius 1 is 0.976 bits per heavy atom. The molecule has 0 spiro atoms. The molecule has 0 amide bonds. The molecule has 1 heterocycles. The van der Waals surface area contributed by atoms with Gasteiger partial charge >= 0.3 is 17.9 Å². The lowest BCUT2D eigenvalue weighted by Crippen LogP contribution is -2.82. The molecule has 230 valence electrons. The summed E-state index contributed by atoms with van der Waals surface area (Å²) >= 11 is 0. The molecule has 3 aliphatic carbocycles. The molecule has 1 aromatic carbocycles. The zero-order valence-electron chi connectivity index (χ0n) is 24.7. The normalized spacial score (nSPS) is 42.1. The highest BCUT2D eigenvalue weighted by Crippen LogP contribution is 2.65. The molecule has 3 fully saturated rings. The van der Waals surface area contributed by atoms with Crippen LogP contribution in [0.25, 0.3) is 0 Å². The van der Waals surface area contributed by atoms with Crippen LogP contribution >= 0.6 is 0 Å². The first-order valence-electron chi connectivity index (χ1n) is 14.2. The number of aliphatic hydroxyl groups is 4. The Bertz CT molecular complexity index is 1310. The molecule has 10 atom stereocenters. The largest absolute Gasteiger partial charge is 0.462 e. The van der Waals surface area contributed by atoms with Crippen molar-refractivity contribution in [1.29, 1.82) is 0 Å². The van der Waals surface area contributed by atoms with Crippen molar-refractivity contribution in [2.24, 2.45) is 16.7 Å². The summed E-state index contributed by atoms with van der Waals surface area (Å²) in [5.74, 6) is -3.40. The van der Waals surface area contributed by atoms with Crippen molar-refractivity contribution < 1.29 is 53.8 Å². The third-order valence-corrected chi connectivity index (χ3v) is 10.4. The summed E-state index contributed by atoms with van der Waals surface area (Å²) in [6.45, 7) is 8.76. The van der Waals surface area contributed by atoms with Gasteiger partial charge in [-0.3, -0.25) is 9.59 Å². The molecular weight excluding hydrogens is 548 g/mol. The molecule has 4 N–H and O–H groups in total. The van der Waals surface area contributed by atoms with Crippen LogP contribution in [-0.2, 0) is 28.5 Å². The number of benzene rings is 1. The van der Waals surface area contributed by atoms with Gasteiger partial charge in [0.15, 0.2) is 5.60 Å². The van der Waals surface area contributed by atoms with Crippen LogP contribution in [0.3, 0.4) is 0 Å². The van der Waals surface area contributed by atoms with E-state index < -0.39 is 82.5 Å². The van der Waals surface area contributed by atoms with Gasteiger partial charge in [0, 0.05) is 37.5 Å². The molecule has 11 heteroatoms. The Morgan fingerprint density at radius 2 is 1.62 bits per heavy atom. The summed E-state index contributed by atoms with van der Waals surface area (Å²) in [5, 5.41) is 48.0. The van der Waals surface area contributed by atoms with Gasteiger partial charge in [0.05, 0.1) is 30.3 Å². The van der Waals surface area contributed by atoms with Gasteiger partial charge in [-0.25, -0.2) is 4.79 Å². The minimum Gasteiger partial charge on any atom is -0.462 e. The molecule has 1 aliphatic heterocycles. The van der Waals surface area contributed by atoms with Gasteiger partial charge in [0.1, 0.15) is 30.0 Å². The number of fused-ring (bicyclic) bond motifs is 5. The van der Waals surface area contributed by atoms with Crippen molar-refractivity contribution in [2.75, 3.05) is 6.61 Å². The molecule has 1 aromatic rings. The number of rotatable bonds is 4. The minimum atomic E-state index is -2.07. The molecule has 0 unspecified atom stereocenters. The highest BCUT2D eigenvalue weighted by molar-refractivity contribution is 5.89. The standard InChI is InChI=1S/C31H40O11/c1-15-19(34)13-31(38)26(41-27(37)18-10-8-7-9-11-18)24-29(6,25(36)23(35)22(15)28(31,4)5)20(40-16(2)32)12-21-30(24,14-39-21)42-17(3)33/h7-11,19-21,23-26,34-36,38H,12-14H2,1-6H3/t19-,20-,21-,23-,24-,25+,26-,29+,30+,31-/m0/s1. The molecule has 0 aromatic heterocycles. The fraction of sp³-hybridized carbons (Fsp3) is 0.645. The van der Waals surface area contributed by atoms with E-state index in [1.54, 1.807) is 58.0 Å². The number of carbonyl (C=O) groups excluding carboxylic acids is 3. The van der Waals surface area contributed by atoms with Crippen LogP contribution < -0.4 is 0 Å². The Morgan fingerprint density at radius 3 is 2.17 bits per heavy atom. The number of hydrogen-bond donors (Lipinski definition) is 4. The van der Waals surface area contributed by atoms with E-state index in [2.05, 4.69) is 0 Å². The predicted molar refractivity (Wildman–Crippen MR) is 146 cm³/mol. The zero-order chi connectivity index (χ0) is 31.0. The maximum atomic E-state index is 13.7. The fourth-order valence-corrected chi connectivity index (χ4v) is 8.24. The summed E-state index contributed by atoms with van der Waals surface area (Å²) in [7, 11) is 0. The van der Waals surface area contributed by atoms with Gasteiger partial charge < -0.3 is 39.4 Å². The molecular formula is C31H40O11. The van der Waals surface area contributed by atoms with Gasteiger partial charge in [-0.15, -0.1) is 0 Å². The van der Waals surface area contributed by atoms with E-state index in [9.17, 15) is 34.8 Å². The number of carbonyl (C=O) groups is 3. The van der Waals surface area contributed by atoms with Gasteiger partial charge in [-0.05, 0) is 30.2 Å². The van der Waals surface area contributed by atoms with Crippen molar-refractivity contribution in [3.05, 3.63) is 47.0 Å². The highest BCUT2D eigenvalue weighted by Gasteiger charge is 2.78. The summed E-state index contributed by atoms with van der Waals surface area (Å²) < 4.78 is 23.8. The lowest BCUT2D eigenvalue weighted by atomic mass is 9.44. The van der Waals surface area contributed by atoms with Crippen LogP contribution in [0.2, 0.25) is 0 Å². The molecule has 2 saturated carbocycles. The smallest absolute Gasteiger partial charge is 0.338 e. The SMILES string of the molecule is CC(=O)O[C@H]1C[C@@H]2OC[C@]2(OC(C)=O)[C@H]2[C@H](OC(=O)c3ccccc3)[C@@]3(O)C[C@H](O)C(C)=C([C@H](O)[C@@H](O)[C@]12C)C3(C)C. The van der Waals surface area contributed by atoms with Gasteiger partial charge in [0.2, 0.25) is 0 Å². The summed E-state index contributed by atoms with van der Waals surface area (Å²) in [4.78, 5) is 38.7. The Balaban J connectivity index is 1.83. The van der Waals surface area contributed by atoms with Crippen LogP contribution in [0.1, 0.15) is 64.7 Å². The molecule has 5 rings (SSSR count). The average Bonchev–Trinajstić information content (AvgIpc) is 2.90. The van der Waals surface area contributed by atoms with E-state index in [0.29, 0.717) is 5.57 Å². The van der Waals surface area contributed by atoms with Crippen molar-refractivity contribution >= 4 is 17.9 Å². The van der Waals surface area contributed by atoms with Crippen LogP contribution in [0, 0.1) is 16.7 Å². The maximum Gasteiger partial charge on any atom is 0.338 e. The third-order valence-electron chi connectivity index (χ3n) is 10.4. The van der Waals surface area contributed by atoms with Crippen LogP contribution in [0.5, 0.6) is 0 Å². The maximum absolute atomic E-state index is 13.7. The summed E-state index contributed by atoms with van der Waals surface area (Å²) in [6.07, 6.45) is -8.36. The van der Waals surface area contributed by atoms with Crippen molar-refractivity contribution in [1.82, 2.24) is 0 Å². The third kappa shape index (κ3) is 4.16. The van der Waals surface area contributed by atoms with Crippen molar-refractivity contribution in [2.45, 2.75) is 102 Å². The Kier molecular flexibility index (Phi) is 7.38. The lowest BCUT2D eigenvalue weighted by Gasteiger charge is -2.69.